The van der Waals surface area contributed by atoms with E-state index in [2.05, 4.69) is 15.2 Å². The van der Waals surface area contributed by atoms with Gasteiger partial charge in [0.2, 0.25) is 0 Å². The number of hydrogen-bond acceptors (Lipinski definition) is 3. The predicted molar refractivity (Wildman–Crippen MR) is 53.2 cm³/mol. The Bertz CT molecular complexity index is 465. The van der Waals surface area contributed by atoms with Gasteiger partial charge >= 0.3 is 5.97 Å². The van der Waals surface area contributed by atoms with Gasteiger partial charge in [0.15, 0.2) is 0 Å². The van der Waals surface area contributed by atoms with Crippen molar-refractivity contribution in [1.82, 2.24) is 15.2 Å². The van der Waals surface area contributed by atoms with Crippen LogP contribution in [0.15, 0.2) is 30.6 Å². The molecule has 0 atom stereocenters. The van der Waals surface area contributed by atoms with Crippen molar-refractivity contribution in [2.75, 3.05) is 0 Å². The van der Waals surface area contributed by atoms with E-state index in [0.29, 0.717) is 17.0 Å². The molecule has 0 fully saturated rings. The van der Waals surface area contributed by atoms with Crippen molar-refractivity contribution in [3.05, 3.63) is 36.2 Å². The summed E-state index contributed by atoms with van der Waals surface area (Å²) in [5.74, 6) is -0.881. The van der Waals surface area contributed by atoms with Crippen molar-refractivity contribution in [3.63, 3.8) is 0 Å². The molecule has 0 bridgehead atoms. The fourth-order valence-electron chi connectivity index (χ4n) is 1.34. The zero-order chi connectivity index (χ0) is 10.7. The minimum atomic E-state index is -0.881. The van der Waals surface area contributed by atoms with Crippen LogP contribution in [-0.2, 0) is 11.2 Å². The fraction of sp³-hybridized carbons (Fsp3) is 0.100. The summed E-state index contributed by atoms with van der Waals surface area (Å²) < 4.78 is 0. The van der Waals surface area contributed by atoms with Crippen molar-refractivity contribution in [3.8, 4) is 11.4 Å². The molecule has 0 amide bonds. The number of carboxylic acid groups (broad SMARTS) is 1. The Morgan fingerprint density at radius 1 is 1.47 bits per heavy atom. The number of aromatic nitrogens is 3. The van der Waals surface area contributed by atoms with Crippen molar-refractivity contribution < 1.29 is 9.90 Å². The lowest BCUT2D eigenvalue weighted by molar-refractivity contribution is -0.136. The first-order chi connectivity index (χ1) is 7.27. The molecule has 5 nitrogen and oxygen atoms in total. The van der Waals surface area contributed by atoms with Gasteiger partial charge in [0.25, 0.3) is 0 Å². The van der Waals surface area contributed by atoms with E-state index in [1.165, 1.54) is 6.20 Å². The van der Waals surface area contributed by atoms with Crippen LogP contribution in [0, 0.1) is 0 Å². The second-order valence-electron chi connectivity index (χ2n) is 3.06. The van der Waals surface area contributed by atoms with E-state index in [4.69, 9.17) is 5.11 Å². The first-order valence-electron chi connectivity index (χ1n) is 4.43. The van der Waals surface area contributed by atoms with Crippen molar-refractivity contribution in [2.45, 2.75) is 6.42 Å². The van der Waals surface area contributed by atoms with Crippen LogP contribution >= 0.6 is 0 Å². The standard InChI is InChI=1S/C10H9N3O2/c14-9(15)5-7-6-12-13-10(7)8-3-1-2-4-11-8/h1-4,6H,5H2,(H,12,13)(H,14,15). The van der Waals surface area contributed by atoms with Crippen molar-refractivity contribution >= 4 is 5.97 Å². The van der Waals surface area contributed by atoms with Gasteiger partial charge in [0.1, 0.15) is 0 Å². The summed E-state index contributed by atoms with van der Waals surface area (Å²) in [6.07, 6.45) is 3.11. The number of rotatable bonds is 3. The molecule has 2 heterocycles. The Morgan fingerprint density at radius 3 is 3.00 bits per heavy atom. The van der Waals surface area contributed by atoms with Crippen LogP contribution in [0.3, 0.4) is 0 Å². The monoisotopic (exact) mass is 203 g/mol. The number of carboxylic acids is 1. The highest BCUT2D eigenvalue weighted by Crippen LogP contribution is 2.18. The maximum absolute atomic E-state index is 10.6. The molecule has 5 heteroatoms. The second-order valence-corrected chi connectivity index (χ2v) is 3.06. The molecule has 15 heavy (non-hydrogen) atoms. The molecule has 0 spiro atoms. The van der Waals surface area contributed by atoms with Crippen LogP contribution < -0.4 is 0 Å². The van der Waals surface area contributed by atoms with Gasteiger partial charge in [0, 0.05) is 11.8 Å². The maximum Gasteiger partial charge on any atom is 0.307 e. The van der Waals surface area contributed by atoms with E-state index in [0.717, 1.165) is 0 Å². The first kappa shape index (κ1) is 9.39. The molecule has 0 saturated heterocycles. The molecule has 0 aliphatic rings. The SMILES string of the molecule is O=C(O)Cc1cn[nH]c1-c1ccccn1. The topological polar surface area (TPSA) is 78.9 Å². The molecule has 2 N–H and O–H groups in total. The molecule has 0 aliphatic carbocycles. The average Bonchev–Trinajstić information content (AvgIpc) is 2.66. The summed E-state index contributed by atoms with van der Waals surface area (Å²) in [4.78, 5) is 14.7. The number of aliphatic carboxylic acids is 1. The van der Waals surface area contributed by atoms with Crippen LogP contribution in [0.2, 0.25) is 0 Å². The summed E-state index contributed by atoms with van der Waals surface area (Å²) in [6, 6.07) is 5.45. The molecule has 0 aliphatic heterocycles. The van der Waals surface area contributed by atoms with Gasteiger partial charge in [-0.15, -0.1) is 0 Å². The van der Waals surface area contributed by atoms with Gasteiger partial charge in [-0.3, -0.25) is 14.9 Å². The largest absolute Gasteiger partial charge is 0.481 e. The van der Waals surface area contributed by atoms with Crippen LogP contribution in [0.4, 0.5) is 0 Å². The molecule has 2 rings (SSSR count). The van der Waals surface area contributed by atoms with Gasteiger partial charge in [-0.2, -0.15) is 5.10 Å². The molecule has 76 valence electrons. The van der Waals surface area contributed by atoms with E-state index in [1.807, 2.05) is 6.07 Å². The van der Waals surface area contributed by atoms with Crippen LogP contribution in [0.5, 0.6) is 0 Å². The zero-order valence-corrected chi connectivity index (χ0v) is 7.84. The number of H-pyrrole nitrogens is 1. The second kappa shape index (κ2) is 3.91. The number of carbonyl (C=O) groups is 1. The van der Waals surface area contributed by atoms with Gasteiger partial charge in [-0.1, -0.05) is 6.07 Å². The number of nitrogens with one attached hydrogen (secondary N) is 1. The average molecular weight is 203 g/mol. The molecule has 2 aromatic heterocycles. The van der Waals surface area contributed by atoms with Crippen molar-refractivity contribution in [1.29, 1.82) is 0 Å². The molecule has 0 unspecified atom stereocenters. The van der Waals surface area contributed by atoms with Crippen LogP contribution in [-0.4, -0.2) is 26.3 Å². The molecule has 0 aromatic carbocycles. The third-order valence-corrected chi connectivity index (χ3v) is 1.98. The number of aromatic amines is 1. The van der Waals surface area contributed by atoms with Gasteiger partial charge in [0.05, 0.1) is 24.0 Å². The summed E-state index contributed by atoms with van der Waals surface area (Å²) >= 11 is 0. The Kier molecular flexibility index (Phi) is 2.45. The Labute approximate surface area is 85.8 Å². The van der Waals surface area contributed by atoms with Crippen molar-refractivity contribution in [2.24, 2.45) is 0 Å². The Balaban J connectivity index is 2.37. The number of hydrogen-bond donors (Lipinski definition) is 2. The third kappa shape index (κ3) is 2.01. The zero-order valence-electron chi connectivity index (χ0n) is 7.84. The molecule has 2 aromatic rings. The fourth-order valence-corrected chi connectivity index (χ4v) is 1.34. The normalized spacial score (nSPS) is 10.1. The number of nitrogens with zero attached hydrogens (tertiary/aromatic N) is 2. The maximum atomic E-state index is 10.6. The van der Waals surface area contributed by atoms with E-state index < -0.39 is 5.97 Å². The molecular weight excluding hydrogens is 194 g/mol. The predicted octanol–water partition coefficient (Wildman–Crippen LogP) is 1.10. The highest BCUT2D eigenvalue weighted by molar-refractivity contribution is 5.73. The van der Waals surface area contributed by atoms with Gasteiger partial charge < -0.3 is 5.11 Å². The van der Waals surface area contributed by atoms with E-state index in [1.54, 1.807) is 18.3 Å². The highest BCUT2D eigenvalue weighted by Gasteiger charge is 2.11. The van der Waals surface area contributed by atoms with E-state index in [9.17, 15) is 4.79 Å². The van der Waals surface area contributed by atoms with Crippen LogP contribution in [0.25, 0.3) is 11.4 Å². The lowest BCUT2D eigenvalue weighted by atomic mass is 10.1. The molecule has 0 radical (unpaired) electrons. The number of pyridine rings is 1. The first-order valence-corrected chi connectivity index (χ1v) is 4.43. The van der Waals surface area contributed by atoms with Gasteiger partial charge in [-0.05, 0) is 12.1 Å². The minimum absolute atomic E-state index is 0.0532. The quantitative estimate of drug-likeness (QED) is 0.782. The summed E-state index contributed by atoms with van der Waals surface area (Å²) in [5.41, 5.74) is 2.01. The Hall–Kier alpha value is -2.17. The Morgan fingerprint density at radius 2 is 2.33 bits per heavy atom. The van der Waals surface area contributed by atoms with E-state index in [-0.39, 0.29) is 6.42 Å². The third-order valence-electron chi connectivity index (χ3n) is 1.98. The van der Waals surface area contributed by atoms with E-state index >= 15 is 0 Å². The smallest absolute Gasteiger partial charge is 0.307 e. The highest BCUT2D eigenvalue weighted by atomic mass is 16.4. The lowest BCUT2D eigenvalue weighted by Crippen LogP contribution is -2.00. The summed E-state index contributed by atoms with van der Waals surface area (Å²) in [5, 5.41) is 15.3. The molecule has 0 saturated carbocycles. The lowest BCUT2D eigenvalue weighted by Gasteiger charge is -1.99. The summed E-state index contributed by atoms with van der Waals surface area (Å²) in [6.45, 7) is 0. The molecular formula is C10H9N3O2. The summed E-state index contributed by atoms with van der Waals surface area (Å²) in [7, 11) is 0. The van der Waals surface area contributed by atoms with Crippen LogP contribution in [0.1, 0.15) is 5.56 Å². The van der Waals surface area contributed by atoms with Gasteiger partial charge in [-0.25, -0.2) is 0 Å². The minimum Gasteiger partial charge on any atom is -0.481 e.